The lowest BCUT2D eigenvalue weighted by molar-refractivity contribution is -0.153. The van der Waals surface area contributed by atoms with E-state index in [2.05, 4.69) is 32.9 Å². The van der Waals surface area contributed by atoms with Crippen LogP contribution in [0, 0.1) is 0 Å². The molecule has 1 amide bonds. The molecule has 116 valence electrons. The van der Waals surface area contributed by atoms with E-state index in [1.165, 1.54) is 0 Å². The first-order valence-electron chi connectivity index (χ1n) is 7.48. The molecule has 2 aliphatic rings. The maximum atomic E-state index is 12.6. The van der Waals surface area contributed by atoms with E-state index in [-0.39, 0.29) is 18.1 Å². The molecule has 0 radical (unpaired) electrons. The van der Waals surface area contributed by atoms with Gasteiger partial charge in [0.2, 0.25) is 5.91 Å². The Balaban J connectivity index is 1.68. The molecule has 0 spiro atoms. The fraction of sp³-hybridized carbons (Fsp3) is 0.714. The largest absolute Gasteiger partial charge is 0.374 e. The quantitative estimate of drug-likeness (QED) is 0.809. The number of ether oxygens (including phenoxy) is 1. The molecular formula is C14H21BrN4O2. The summed E-state index contributed by atoms with van der Waals surface area (Å²) < 4.78 is 8.43. The van der Waals surface area contributed by atoms with Crippen molar-refractivity contribution >= 4 is 21.8 Å². The van der Waals surface area contributed by atoms with Crippen molar-refractivity contribution in [3.63, 3.8) is 0 Å². The molecule has 0 aliphatic carbocycles. The van der Waals surface area contributed by atoms with Crippen LogP contribution in [0.3, 0.4) is 0 Å². The summed E-state index contributed by atoms with van der Waals surface area (Å²) in [5.41, 5.74) is 0. The monoisotopic (exact) mass is 356 g/mol. The zero-order valence-electron chi connectivity index (χ0n) is 12.2. The van der Waals surface area contributed by atoms with Crippen LogP contribution in [0.4, 0.5) is 0 Å². The van der Waals surface area contributed by atoms with Crippen molar-refractivity contribution in [2.45, 2.75) is 32.0 Å². The highest BCUT2D eigenvalue weighted by Gasteiger charge is 2.38. The number of amides is 1. The molecule has 7 heteroatoms. The second kappa shape index (κ2) is 6.46. The van der Waals surface area contributed by atoms with Gasteiger partial charge >= 0.3 is 0 Å². The number of halogens is 1. The van der Waals surface area contributed by atoms with Gasteiger partial charge in [0, 0.05) is 25.8 Å². The summed E-state index contributed by atoms with van der Waals surface area (Å²) in [6, 6.07) is 0.180. The van der Waals surface area contributed by atoms with Crippen LogP contribution in [-0.4, -0.2) is 70.4 Å². The van der Waals surface area contributed by atoms with Gasteiger partial charge in [0.15, 0.2) is 0 Å². The van der Waals surface area contributed by atoms with Gasteiger partial charge in [-0.15, -0.1) is 0 Å². The van der Waals surface area contributed by atoms with Gasteiger partial charge in [-0.25, -0.2) is 0 Å². The molecule has 0 saturated carbocycles. The first kappa shape index (κ1) is 15.0. The van der Waals surface area contributed by atoms with E-state index in [9.17, 15) is 4.79 Å². The lowest BCUT2D eigenvalue weighted by Gasteiger charge is -2.46. The summed E-state index contributed by atoms with van der Waals surface area (Å²) in [5, 5.41) is 4.17. The fourth-order valence-electron chi connectivity index (χ4n) is 3.19. The number of morpholine rings is 1. The second-order valence-corrected chi connectivity index (χ2v) is 6.52. The molecule has 0 bridgehead atoms. The normalized spacial score (nSPS) is 26.7. The highest BCUT2D eigenvalue weighted by Crippen LogP contribution is 2.23. The van der Waals surface area contributed by atoms with E-state index in [4.69, 9.17) is 4.74 Å². The molecule has 0 unspecified atom stereocenters. The van der Waals surface area contributed by atoms with Crippen molar-refractivity contribution in [1.29, 1.82) is 0 Å². The summed E-state index contributed by atoms with van der Waals surface area (Å²) >= 11 is 3.36. The van der Waals surface area contributed by atoms with Crippen molar-refractivity contribution in [2.75, 3.05) is 32.8 Å². The fourth-order valence-corrected chi connectivity index (χ4v) is 3.52. The zero-order chi connectivity index (χ0) is 14.8. The molecule has 2 saturated heterocycles. The lowest BCUT2D eigenvalue weighted by atomic mass is 9.98. The van der Waals surface area contributed by atoms with Crippen molar-refractivity contribution in [1.82, 2.24) is 19.6 Å². The average Bonchev–Trinajstić information content (AvgIpc) is 2.91. The number of hydrogen-bond donors (Lipinski definition) is 0. The third-order valence-electron chi connectivity index (χ3n) is 4.34. The molecule has 3 rings (SSSR count). The van der Waals surface area contributed by atoms with Crippen LogP contribution in [-0.2, 0) is 16.1 Å². The van der Waals surface area contributed by atoms with Gasteiger partial charge in [-0.3, -0.25) is 9.48 Å². The van der Waals surface area contributed by atoms with E-state index >= 15 is 0 Å². The summed E-state index contributed by atoms with van der Waals surface area (Å²) in [7, 11) is 0. The lowest BCUT2D eigenvalue weighted by Crippen LogP contribution is -2.61. The molecule has 21 heavy (non-hydrogen) atoms. The summed E-state index contributed by atoms with van der Waals surface area (Å²) in [6.07, 6.45) is 4.73. The van der Waals surface area contributed by atoms with Crippen LogP contribution in [0.5, 0.6) is 0 Å². The highest BCUT2D eigenvalue weighted by molar-refractivity contribution is 9.10. The number of rotatable bonds is 3. The van der Waals surface area contributed by atoms with Gasteiger partial charge in [-0.05, 0) is 28.9 Å². The SMILES string of the molecule is CCN1CC[C@H]2OCCN(C(=O)Cn3cc(Br)cn3)[C@H]2C1. The van der Waals surface area contributed by atoms with Crippen molar-refractivity contribution in [3.05, 3.63) is 16.9 Å². The van der Waals surface area contributed by atoms with Crippen LogP contribution < -0.4 is 0 Å². The molecule has 2 aliphatic heterocycles. The topological polar surface area (TPSA) is 50.6 Å². The van der Waals surface area contributed by atoms with Gasteiger partial charge in [0.05, 0.1) is 29.4 Å². The molecule has 0 N–H and O–H groups in total. The van der Waals surface area contributed by atoms with E-state index in [1.807, 2.05) is 11.1 Å². The maximum absolute atomic E-state index is 12.6. The number of fused-ring (bicyclic) bond motifs is 1. The standard InChI is InChI=1S/C14H21BrN4O2/c1-2-17-4-3-13-12(9-17)19(5-6-21-13)14(20)10-18-8-11(15)7-16-18/h7-8,12-13H,2-6,9-10H2,1H3/t12-,13+/m0/s1. The number of likely N-dealkylation sites (N-methyl/N-ethyl adjacent to an activating group) is 1. The summed E-state index contributed by atoms with van der Waals surface area (Å²) in [6.45, 7) is 6.78. The Hall–Kier alpha value is -0.920. The van der Waals surface area contributed by atoms with Crippen LogP contribution >= 0.6 is 15.9 Å². The van der Waals surface area contributed by atoms with Gasteiger partial charge in [0.25, 0.3) is 0 Å². The van der Waals surface area contributed by atoms with E-state index in [0.717, 1.165) is 30.5 Å². The average molecular weight is 357 g/mol. The molecule has 0 aromatic carbocycles. The zero-order valence-corrected chi connectivity index (χ0v) is 13.8. The number of hydrogen-bond acceptors (Lipinski definition) is 4. The number of carbonyl (C=O) groups is 1. The number of piperidine rings is 1. The predicted octanol–water partition coefficient (Wildman–Crippen LogP) is 0.967. The van der Waals surface area contributed by atoms with E-state index in [0.29, 0.717) is 19.7 Å². The minimum atomic E-state index is 0.127. The van der Waals surface area contributed by atoms with Crippen LogP contribution in [0.15, 0.2) is 16.9 Å². The number of nitrogens with zero attached hydrogens (tertiary/aromatic N) is 4. The third kappa shape index (κ3) is 3.30. The minimum Gasteiger partial charge on any atom is -0.374 e. The maximum Gasteiger partial charge on any atom is 0.244 e. The number of carbonyl (C=O) groups excluding carboxylic acids is 1. The smallest absolute Gasteiger partial charge is 0.244 e. The molecule has 1 aromatic heterocycles. The van der Waals surface area contributed by atoms with Gasteiger partial charge in [-0.2, -0.15) is 5.10 Å². The van der Waals surface area contributed by atoms with Crippen LogP contribution in [0.2, 0.25) is 0 Å². The Bertz CT molecular complexity index is 507. The number of likely N-dealkylation sites (tertiary alicyclic amines) is 1. The minimum absolute atomic E-state index is 0.127. The number of aromatic nitrogens is 2. The molecule has 2 atom stereocenters. The van der Waals surface area contributed by atoms with Crippen LogP contribution in [0.25, 0.3) is 0 Å². The van der Waals surface area contributed by atoms with Crippen molar-refractivity contribution < 1.29 is 9.53 Å². The summed E-state index contributed by atoms with van der Waals surface area (Å²) in [4.78, 5) is 17.0. The second-order valence-electron chi connectivity index (χ2n) is 5.60. The van der Waals surface area contributed by atoms with Crippen LogP contribution in [0.1, 0.15) is 13.3 Å². The first-order valence-corrected chi connectivity index (χ1v) is 8.28. The Kier molecular flexibility index (Phi) is 4.61. The third-order valence-corrected chi connectivity index (χ3v) is 4.74. The van der Waals surface area contributed by atoms with Crippen molar-refractivity contribution in [2.24, 2.45) is 0 Å². The molecular weight excluding hydrogens is 336 g/mol. The predicted molar refractivity (Wildman–Crippen MR) is 81.9 cm³/mol. The Morgan fingerprint density at radius 2 is 2.38 bits per heavy atom. The highest BCUT2D eigenvalue weighted by atomic mass is 79.9. The van der Waals surface area contributed by atoms with Crippen molar-refractivity contribution in [3.8, 4) is 0 Å². The Labute approximate surface area is 133 Å². The molecule has 1 aromatic rings. The first-order chi connectivity index (χ1) is 10.2. The Morgan fingerprint density at radius 3 is 3.10 bits per heavy atom. The summed E-state index contributed by atoms with van der Waals surface area (Å²) in [5.74, 6) is 0.127. The van der Waals surface area contributed by atoms with Gasteiger partial charge in [0.1, 0.15) is 6.54 Å². The Morgan fingerprint density at radius 1 is 1.52 bits per heavy atom. The molecule has 3 heterocycles. The van der Waals surface area contributed by atoms with Gasteiger partial charge in [-0.1, -0.05) is 6.92 Å². The van der Waals surface area contributed by atoms with E-state index < -0.39 is 0 Å². The molecule has 6 nitrogen and oxygen atoms in total. The van der Waals surface area contributed by atoms with E-state index in [1.54, 1.807) is 10.9 Å². The molecule has 2 fully saturated rings. The van der Waals surface area contributed by atoms with Gasteiger partial charge < -0.3 is 14.5 Å².